The largest absolute Gasteiger partial charge is 0.507 e. The number of hydrogen-bond acceptors (Lipinski definition) is 6. The van der Waals surface area contributed by atoms with Gasteiger partial charge in [0.1, 0.15) is 17.3 Å². The normalized spacial score (nSPS) is 17.0. The molecule has 0 spiro atoms. The molecule has 1 unspecified atom stereocenters. The van der Waals surface area contributed by atoms with Gasteiger partial charge >= 0.3 is 0 Å². The molecular weight excluding hydrogens is 480 g/mol. The number of aliphatic hydroxyl groups excluding tert-OH is 1. The van der Waals surface area contributed by atoms with E-state index in [1.165, 1.54) is 0 Å². The van der Waals surface area contributed by atoms with Gasteiger partial charge in [-0.3, -0.25) is 9.59 Å². The standard InChI is InChI=1S/C31H42N2O5/c1-6-7-8-19-37-25-15-13-23(14-16-25)29(34)27-28(24-11-9-12-26(20-24)38-21-22(2)3)33(31(36)30(27)35)18-10-17-32(4)5/h9,11-16,20,22,28,34H,6-8,10,17-19,21H2,1-5H3/b29-27-. The second-order valence-electron chi connectivity index (χ2n) is 10.5. The van der Waals surface area contributed by atoms with E-state index in [4.69, 9.17) is 9.47 Å². The van der Waals surface area contributed by atoms with Crippen LogP contribution in [0.4, 0.5) is 0 Å². The lowest BCUT2D eigenvalue weighted by atomic mass is 9.95. The third-order valence-corrected chi connectivity index (χ3v) is 6.45. The summed E-state index contributed by atoms with van der Waals surface area (Å²) in [6, 6.07) is 13.8. The first-order valence-electron chi connectivity index (χ1n) is 13.6. The Kier molecular flexibility index (Phi) is 10.8. The molecule has 1 saturated heterocycles. The second kappa shape index (κ2) is 14.0. The van der Waals surface area contributed by atoms with Gasteiger partial charge in [0.15, 0.2) is 0 Å². The van der Waals surface area contributed by atoms with Crippen molar-refractivity contribution in [3.05, 3.63) is 65.2 Å². The Balaban J connectivity index is 1.96. The number of carbonyl (C=O) groups excluding carboxylic acids is 2. The molecule has 1 aliphatic heterocycles. The van der Waals surface area contributed by atoms with Crippen molar-refractivity contribution >= 4 is 17.4 Å². The number of Topliss-reactive ketones (excluding diaryl/α,β-unsaturated/α-hetero) is 1. The Labute approximate surface area is 227 Å². The van der Waals surface area contributed by atoms with Gasteiger partial charge in [-0.2, -0.15) is 0 Å². The summed E-state index contributed by atoms with van der Waals surface area (Å²) in [5.74, 6) is 0.266. The molecule has 206 valence electrons. The molecule has 1 heterocycles. The van der Waals surface area contributed by atoms with E-state index >= 15 is 0 Å². The summed E-state index contributed by atoms with van der Waals surface area (Å²) >= 11 is 0. The Morgan fingerprint density at radius 2 is 1.74 bits per heavy atom. The fourth-order valence-electron chi connectivity index (χ4n) is 4.46. The number of ether oxygens (including phenoxy) is 2. The molecule has 1 fully saturated rings. The summed E-state index contributed by atoms with van der Waals surface area (Å²) in [5, 5.41) is 11.4. The SMILES string of the molecule is CCCCCOc1ccc(/C(O)=C2/C(=O)C(=O)N(CCCN(C)C)C2c2cccc(OCC(C)C)c2)cc1. The molecule has 1 N–H and O–H groups in total. The molecule has 38 heavy (non-hydrogen) atoms. The fraction of sp³-hybridized carbons (Fsp3) is 0.484. The molecule has 1 aliphatic rings. The molecular formula is C31H42N2O5. The lowest BCUT2D eigenvalue weighted by Gasteiger charge is -2.26. The number of rotatable bonds is 14. The number of nitrogens with zero attached hydrogens (tertiary/aromatic N) is 2. The van der Waals surface area contributed by atoms with Crippen molar-refractivity contribution in [1.82, 2.24) is 9.80 Å². The third kappa shape index (κ3) is 7.60. The highest BCUT2D eigenvalue weighted by molar-refractivity contribution is 6.46. The van der Waals surface area contributed by atoms with Gasteiger partial charge < -0.3 is 24.4 Å². The summed E-state index contributed by atoms with van der Waals surface area (Å²) in [6.07, 6.45) is 3.91. The van der Waals surface area contributed by atoms with E-state index in [0.717, 1.165) is 31.4 Å². The quantitative estimate of drug-likeness (QED) is 0.149. The topological polar surface area (TPSA) is 79.3 Å². The molecule has 0 aromatic heterocycles. The van der Waals surface area contributed by atoms with Crippen molar-refractivity contribution in [3.63, 3.8) is 0 Å². The number of hydrogen-bond donors (Lipinski definition) is 1. The predicted molar refractivity (Wildman–Crippen MR) is 150 cm³/mol. The molecule has 2 aromatic carbocycles. The van der Waals surface area contributed by atoms with Crippen LogP contribution in [0, 0.1) is 5.92 Å². The van der Waals surface area contributed by atoms with Crippen LogP contribution in [0.2, 0.25) is 0 Å². The first kappa shape index (κ1) is 29.2. The molecule has 7 heteroatoms. The Morgan fingerprint density at radius 3 is 2.39 bits per heavy atom. The summed E-state index contributed by atoms with van der Waals surface area (Å²) in [4.78, 5) is 30.1. The molecule has 0 saturated carbocycles. The first-order valence-corrected chi connectivity index (χ1v) is 13.6. The first-order chi connectivity index (χ1) is 18.2. The van der Waals surface area contributed by atoms with Crippen molar-refractivity contribution in [2.75, 3.05) is 40.4 Å². The van der Waals surface area contributed by atoms with Crippen LogP contribution in [-0.2, 0) is 9.59 Å². The third-order valence-electron chi connectivity index (χ3n) is 6.45. The molecule has 0 radical (unpaired) electrons. The van der Waals surface area contributed by atoms with Crippen molar-refractivity contribution in [3.8, 4) is 11.5 Å². The van der Waals surface area contributed by atoms with E-state index in [9.17, 15) is 14.7 Å². The Hall–Kier alpha value is -3.32. The molecule has 3 rings (SSSR count). The van der Waals surface area contributed by atoms with E-state index in [0.29, 0.717) is 49.2 Å². The van der Waals surface area contributed by atoms with Crippen molar-refractivity contribution in [1.29, 1.82) is 0 Å². The molecule has 1 amide bonds. The number of aliphatic hydroxyl groups is 1. The summed E-state index contributed by atoms with van der Waals surface area (Å²) in [7, 11) is 3.94. The molecule has 7 nitrogen and oxygen atoms in total. The zero-order valence-electron chi connectivity index (χ0n) is 23.4. The second-order valence-corrected chi connectivity index (χ2v) is 10.5. The highest BCUT2D eigenvalue weighted by Gasteiger charge is 2.45. The minimum atomic E-state index is -0.704. The maximum absolute atomic E-state index is 13.3. The van der Waals surface area contributed by atoms with Crippen molar-refractivity contribution in [2.24, 2.45) is 5.92 Å². The van der Waals surface area contributed by atoms with Crippen molar-refractivity contribution in [2.45, 2.75) is 52.5 Å². The summed E-state index contributed by atoms with van der Waals surface area (Å²) in [6.45, 7) is 8.65. The minimum Gasteiger partial charge on any atom is -0.507 e. The van der Waals surface area contributed by atoms with Gasteiger partial charge in [-0.15, -0.1) is 0 Å². The van der Waals surface area contributed by atoms with Gasteiger partial charge in [0.05, 0.1) is 24.8 Å². The van der Waals surface area contributed by atoms with Crippen LogP contribution < -0.4 is 9.47 Å². The highest BCUT2D eigenvalue weighted by Crippen LogP contribution is 2.40. The number of amides is 1. The van der Waals surface area contributed by atoms with Gasteiger partial charge in [-0.05, 0) is 81.4 Å². The lowest BCUT2D eigenvalue weighted by molar-refractivity contribution is -0.139. The molecule has 2 aromatic rings. The monoisotopic (exact) mass is 522 g/mol. The van der Waals surface area contributed by atoms with Crippen LogP contribution in [0.25, 0.3) is 5.76 Å². The number of ketones is 1. The average Bonchev–Trinajstić information content (AvgIpc) is 3.15. The van der Waals surface area contributed by atoms with Crippen LogP contribution in [0.15, 0.2) is 54.1 Å². The van der Waals surface area contributed by atoms with E-state index in [-0.39, 0.29) is 11.3 Å². The van der Waals surface area contributed by atoms with Crippen LogP contribution >= 0.6 is 0 Å². The van der Waals surface area contributed by atoms with Gasteiger partial charge in [0, 0.05) is 12.1 Å². The molecule has 0 aliphatic carbocycles. The number of unbranched alkanes of at least 4 members (excludes halogenated alkanes) is 2. The lowest BCUT2D eigenvalue weighted by Crippen LogP contribution is -2.32. The summed E-state index contributed by atoms with van der Waals surface area (Å²) < 4.78 is 11.7. The Morgan fingerprint density at radius 1 is 1.00 bits per heavy atom. The summed E-state index contributed by atoms with van der Waals surface area (Å²) in [5.41, 5.74) is 1.29. The molecule has 1 atom stereocenters. The van der Waals surface area contributed by atoms with E-state index in [1.807, 2.05) is 43.3 Å². The fourth-order valence-corrected chi connectivity index (χ4v) is 4.46. The minimum absolute atomic E-state index is 0.0949. The van der Waals surface area contributed by atoms with Crippen molar-refractivity contribution < 1.29 is 24.2 Å². The van der Waals surface area contributed by atoms with E-state index in [2.05, 4.69) is 20.8 Å². The predicted octanol–water partition coefficient (Wildman–Crippen LogP) is 5.66. The van der Waals surface area contributed by atoms with Crippen LogP contribution in [0.5, 0.6) is 11.5 Å². The maximum atomic E-state index is 13.3. The average molecular weight is 523 g/mol. The van der Waals surface area contributed by atoms with Crippen LogP contribution in [-0.4, -0.2) is 67.0 Å². The van der Waals surface area contributed by atoms with Gasteiger partial charge in [-0.25, -0.2) is 0 Å². The zero-order chi connectivity index (χ0) is 27.7. The number of benzene rings is 2. The zero-order valence-corrected chi connectivity index (χ0v) is 23.4. The number of likely N-dealkylation sites (tertiary alicyclic amines) is 1. The van der Waals surface area contributed by atoms with Crippen LogP contribution in [0.3, 0.4) is 0 Å². The highest BCUT2D eigenvalue weighted by atomic mass is 16.5. The van der Waals surface area contributed by atoms with E-state index in [1.54, 1.807) is 29.2 Å². The van der Waals surface area contributed by atoms with Gasteiger partial charge in [0.2, 0.25) is 0 Å². The maximum Gasteiger partial charge on any atom is 0.295 e. The van der Waals surface area contributed by atoms with Gasteiger partial charge in [0.25, 0.3) is 11.7 Å². The molecule has 0 bridgehead atoms. The Bertz CT molecular complexity index is 1110. The van der Waals surface area contributed by atoms with Gasteiger partial charge in [-0.1, -0.05) is 45.7 Å². The van der Waals surface area contributed by atoms with Crippen LogP contribution in [0.1, 0.15) is 63.6 Å². The smallest absolute Gasteiger partial charge is 0.295 e. The number of carbonyl (C=O) groups is 2. The van der Waals surface area contributed by atoms with E-state index < -0.39 is 17.7 Å².